The van der Waals surface area contributed by atoms with E-state index in [1.165, 1.54) is 0 Å². The van der Waals surface area contributed by atoms with Gasteiger partial charge in [0.15, 0.2) is 0 Å². The van der Waals surface area contributed by atoms with Crippen LogP contribution in [0.2, 0.25) is 0 Å². The molecule has 0 aromatic carbocycles. The summed E-state index contributed by atoms with van der Waals surface area (Å²) in [5.74, 6) is 1.43. The number of nitrogens with one attached hydrogen (secondary N) is 1. The van der Waals surface area contributed by atoms with Crippen LogP contribution in [0.3, 0.4) is 0 Å². The SMILES string of the molecule is CCCC1(C(=O)N2CCSC(C)(C)C2)CCCN1. The zero-order valence-corrected chi connectivity index (χ0v) is 12.7. The maximum Gasteiger partial charge on any atom is 0.242 e. The van der Waals surface area contributed by atoms with E-state index in [0.717, 1.165) is 51.1 Å². The maximum absolute atomic E-state index is 12.9. The quantitative estimate of drug-likeness (QED) is 0.854. The number of hydrogen-bond donors (Lipinski definition) is 1. The van der Waals surface area contributed by atoms with Crippen LogP contribution < -0.4 is 5.32 Å². The van der Waals surface area contributed by atoms with Crippen LogP contribution in [0.1, 0.15) is 46.5 Å². The molecule has 0 aliphatic carbocycles. The fourth-order valence-electron chi connectivity index (χ4n) is 3.23. The minimum atomic E-state index is -0.243. The summed E-state index contributed by atoms with van der Waals surface area (Å²) >= 11 is 1.98. The molecule has 1 unspecified atom stereocenters. The Morgan fingerprint density at radius 2 is 2.22 bits per heavy atom. The summed E-state index contributed by atoms with van der Waals surface area (Å²) < 4.78 is 0.208. The third-order valence-electron chi connectivity index (χ3n) is 4.04. The number of thioether (sulfide) groups is 1. The number of nitrogens with zero attached hydrogens (tertiary/aromatic N) is 1. The summed E-state index contributed by atoms with van der Waals surface area (Å²) in [7, 11) is 0. The smallest absolute Gasteiger partial charge is 0.242 e. The molecule has 2 aliphatic heterocycles. The average Bonchev–Trinajstić information content (AvgIpc) is 2.77. The van der Waals surface area contributed by atoms with Gasteiger partial charge < -0.3 is 10.2 Å². The molecule has 0 aromatic heterocycles. The normalized spacial score (nSPS) is 31.6. The molecule has 0 bridgehead atoms. The first-order chi connectivity index (χ1) is 8.49. The number of hydrogen-bond acceptors (Lipinski definition) is 3. The molecule has 1 atom stereocenters. The molecule has 0 spiro atoms. The fraction of sp³-hybridized carbons (Fsp3) is 0.929. The van der Waals surface area contributed by atoms with Gasteiger partial charge in [-0.3, -0.25) is 4.79 Å². The lowest BCUT2D eigenvalue weighted by molar-refractivity contribution is -0.138. The average molecular weight is 270 g/mol. The van der Waals surface area contributed by atoms with Crippen molar-refractivity contribution in [1.29, 1.82) is 0 Å². The van der Waals surface area contributed by atoms with Crippen LogP contribution in [0.5, 0.6) is 0 Å². The van der Waals surface area contributed by atoms with Gasteiger partial charge in [-0.15, -0.1) is 0 Å². The largest absolute Gasteiger partial charge is 0.339 e. The Hall–Kier alpha value is -0.220. The predicted molar refractivity (Wildman–Crippen MR) is 78.0 cm³/mol. The lowest BCUT2D eigenvalue weighted by atomic mass is 9.90. The third kappa shape index (κ3) is 2.85. The Morgan fingerprint density at radius 1 is 1.44 bits per heavy atom. The number of carbonyl (C=O) groups is 1. The van der Waals surface area contributed by atoms with Crippen LogP contribution >= 0.6 is 11.8 Å². The van der Waals surface area contributed by atoms with E-state index in [0.29, 0.717) is 5.91 Å². The summed E-state index contributed by atoms with van der Waals surface area (Å²) in [4.78, 5) is 15.0. The highest BCUT2D eigenvalue weighted by Crippen LogP contribution is 2.33. The Balaban J connectivity index is 2.09. The minimum absolute atomic E-state index is 0.208. The Morgan fingerprint density at radius 3 is 2.78 bits per heavy atom. The van der Waals surface area contributed by atoms with Gasteiger partial charge in [-0.2, -0.15) is 11.8 Å². The zero-order valence-electron chi connectivity index (χ0n) is 11.9. The van der Waals surface area contributed by atoms with Crippen molar-refractivity contribution < 1.29 is 4.79 Å². The van der Waals surface area contributed by atoms with Crippen LogP contribution in [0.15, 0.2) is 0 Å². The monoisotopic (exact) mass is 270 g/mol. The van der Waals surface area contributed by atoms with Crippen LogP contribution in [-0.4, -0.2) is 46.5 Å². The van der Waals surface area contributed by atoms with Gasteiger partial charge in [0.05, 0.1) is 5.54 Å². The molecule has 4 heteroatoms. The summed E-state index contributed by atoms with van der Waals surface area (Å²) in [5, 5.41) is 3.50. The van der Waals surface area contributed by atoms with Crippen molar-refractivity contribution >= 4 is 17.7 Å². The Kier molecular flexibility index (Phi) is 4.27. The van der Waals surface area contributed by atoms with Crippen molar-refractivity contribution in [3.8, 4) is 0 Å². The van der Waals surface area contributed by atoms with Gasteiger partial charge in [-0.25, -0.2) is 0 Å². The molecular weight excluding hydrogens is 244 g/mol. The van der Waals surface area contributed by atoms with Crippen molar-refractivity contribution in [3.05, 3.63) is 0 Å². The molecule has 1 amide bonds. The first-order valence-electron chi connectivity index (χ1n) is 7.17. The molecule has 0 radical (unpaired) electrons. The maximum atomic E-state index is 12.9. The summed E-state index contributed by atoms with van der Waals surface area (Å²) in [5.41, 5.74) is -0.243. The molecule has 1 N–H and O–H groups in total. The van der Waals surface area contributed by atoms with Gasteiger partial charge in [0.2, 0.25) is 5.91 Å². The van der Waals surface area contributed by atoms with E-state index >= 15 is 0 Å². The zero-order chi connectivity index (χ0) is 13.2. The van der Waals surface area contributed by atoms with Crippen molar-refractivity contribution in [3.63, 3.8) is 0 Å². The molecule has 3 nitrogen and oxygen atoms in total. The molecule has 2 saturated heterocycles. The predicted octanol–water partition coefficient (Wildman–Crippen LogP) is 2.26. The molecule has 2 fully saturated rings. The van der Waals surface area contributed by atoms with Crippen LogP contribution in [-0.2, 0) is 4.79 Å². The highest BCUT2D eigenvalue weighted by atomic mass is 32.2. The summed E-state index contributed by atoms with van der Waals surface area (Å²) in [6.45, 7) is 9.46. The summed E-state index contributed by atoms with van der Waals surface area (Å²) in [6, 6.07) is 0. The van der Waals surface area contributed by atoms with E-state index in [9.17, 15) is 4.79 Å². The van der Waals surface area contributed by atoms with E-state index in [-0.39, 0.29) is 10.3 Å². The van der Waals surface area contributed by atoms with Crippen molar-refractivity contribution in [2.45, 2.75) is 56.7 Å². The van der Waals surface area contributed by atoms with Gasteiger partial charge in [0.1, 0.15) is 0 Å². The molecular formula is C14H26N2OS. The summed E-state index contributed by atoms with van der Waals surface area (Å²) in [6.07, 6.45) is 4.21. The first kappa shape index (κ1) is 14.2. The van der Waals surface area contributed by atoms with Crippen LogP contribution in [0.4, 0.5) is 0 Å². The van der Waals surface area contributed by atoms with E-state index < -0.39 is 0 Å². The van der Waals surface area contributed by atoms with E-state index in [4.69, 9.17) is 0 Å². The van der Waals surface area contributed by atoms with Crippen LogP contribution in [0, 0.1) is 0 Å². The van der Waals surface area contributed by atoms with E-state index in [1.54, 1.807) is 0 Å². The fourth-order valence-corrected chi connectivity index (χ4v) is 4.34. The van der Waals surface area contributed by atoms with Gasteiger partial charge >= 0.3 is 0 Å². The third-order valence-corrected chi connectivity index (χ3v) is 5.34. The van der Waals surface area contributed by atoms with Gasteiger partial charge in [0, 0.05) is 23.6 Å². The second-order valence-electron chi connectivity index (χ2n) is 6.20. The highest BCUT2D eigenvalue weighted by molar-refractivity contribution is 8.00. The first-order valence-corrected chi connectivity index (χ1v) is 8.16. The molecule has 0 aromatic rings. The topological polar surface area (TPSA) is 32.3 Å². The second-order valence-corrected chi connectivity index (χ2v) is 8.00. The number of carbonyl (C=O) groups excluding carboxylic acids is 1. The van der Waals surface area contributed by atoms with Gasteiger partial charge in [-0.05, 0) is 39.7 Å². The Bertz CT molecular complexity index is 311. The number of amides is 1. The molecule has 104 valence electrons. The molecule has 2 rings (SSSR count). The van der Waals surface area contributed by atoms with E-state index in [2.05, 4.69) is 31.0 Å². The standard InChI is InChI=1S/C14H26N2OS/c1-4-6-14(7-5-8-15-14)12(17)16-9-10-18-13(2,3)11-16/h15H,4-11H2,1-3H3. The van der Waals surface area contributed by atoms with Crippen molar-refractivity contribution in [2.24, 2.45) is 0 Å². The van der Waals surface area contributed by atoms with Crippen LogP contribution in [0.25, 0.3) is 0 Å². The van der Waals surface area contributed by atoms with E-state index in [1.807, 2.05) is 11.8 Å². The van der Waals surface area contributed by atoms with Gasteiger partial charge in [0.25, 0.3) is 0 Å². The van der Waals surface area contributed by atoms with Gasteiger partial charge in [-0.1, -0.05) is 13.3 Å². The molecule has 2 aliphatic rings. The number of rotatable bonds is 3. The van der Waals surface area contributed by atoms with Crippen molar-refractivity contribution in [1.82, 2.24) is 10.2 Å². The lowest BCUT2D eigenvalue weighted by Crippen LogP contribution is -2.58. The highest BCUT2D eigenvalue weighted by Gasteiger charge is 2.44. The van der Waals surface area contributed by atoms with Crippen molar-refractivity contribution in [2.75, 3.05) is 25.4 Å². The lowest BCUT2D eigenvalue weighted by Gasteiger charge is -2.42. The molecule has 0 saturated carbocycles. The molecule has 2 heterocycles. The molecule has 18 heavy (non-hydrogen) atoms. The Labute approximate surface area is 115 Å². The second kappa shape index (κ2) is 5.41. The minimum Gasteiger partial charge on any atom is -0.339 e.